The maximum Gasteiger partial charge on any atom is 0.214 e. The van der Waals surface area contributed by atoms with E-state index in [2.05, 4.69) is 0 Å². The van der Waals surface area contributed by atoms with Crippen LogP contribution in [-0.2, 0) is 9.09 Å². The number of alkyl halides is 1. The van der Waals surface area contributed by atoms with Crippen molar-refractivity contribution in [1.82, 2.24) is 0 Å². The fraction of sp³-hybridized carbons (Fsp3) is 1.00. The second-order valence-electron chi connectivity index (χ2n) is 1.97. The molecule has 2 nitrogen and oxygen atoms in total. The molecule has 0 N–H and O–H groups in total. The van der Waals surface area contributed by atoms with Crippen molar-refractivity contribution in [3.05, 3.63) is 0 Å². The van der Waals surface area contributed by atoms with Crippen LogP contribution in [0, 0.1) is 0 Å². The average Bonchev–Trinajstić information content (AvgIpc) is 1.84. The third-order valence-corrected chi connectivity index (χ3v) is 3.25. The fourth-order valence-electron chi connectivity index (χ4n) is 0.319. The van der Waals surface area contributed by atoms with Crippen LogP contribution in [0.5, 0.6) is 0 Å². The highest BCUT2D eigenvalue weighted by molar-refractivity contribution is 7.59. The molecule has 0 spiro atoms. The molecule has 1 atom stereocenters. The van der Waals surface area contributed by atoms with Gasteiger partial charge in [0, 0.05) is 6.66 Å². The van der Waals surface area contributed by atoms with Gasteiger partial charge in [-0.25, -0.2) is 0 Å². The Hall–Kier alpha value is 0.480. The van der Waals surface area contributed by atoms with Gasteiger partial charge in [0.2, 0.25) is 7.37 Å². The quantitative estimate of drug-likeness (QED) is 0.479. The molecule has 0 amide bonds. The van der Waals surface area contributed by atoms with Crippen LogP contribution in [0.4, 0.5) is 0 Å². The molecule has 9 heavy (non-hydrogen) atoms. The first-order valence-electron chi connectivity index (χ1n) is 2.89. The Morgan fingerprint density at radius 1 is 1.67 bits per heavy atom. The molecule has 56 valence electrons. The lowest BCUT2D eigenvalue weighted by molar-refractivity contribution is 0.319. The first kappa shape index (κ1) is 9.48. The summed E-state index contributed by atoms with van der Waals surface area (Å²) in [7, 11) is -2.42. The normalized spacial score (nSPS) is 17.2. The zero-order valence-electron chi connectivity index (χ0n) is 5.76. The van der Waals surface area contributed by atoms with Crippen molar-refractivity contribution >= 4 is 19.0 Å². The molecular weight excluding hydrogens is 158 g/mol. The van der Waals surface area contributed by atoms with Gasteiger partial charge in [-0.3, -0.25) is 4.57 Å². The van der Waals surface area contributed by atoms with Crippen LogP contribution < -0.4 is 0 Å². The van der Waals surface area contributed by atoms with Crippen LogP contribution in [-0.4, -0.2) is 18.9 Å². The van der Waals surface area contributed by atoms with Crippen LogP contribution in [0.25, 0.3) is 0 Å². The lowest BCUT2D eigenvalue weighted by atomic mass is 10.5. The van der Waals surface area contributed by atoms with Crippen LogP contribution in [0.15, 0.2) is 0 Å². The first-order valence-corrected chi connectivity index (χ1v) is 5.68. The highest BCUT2D eigenvalue weighted by Crippen LogP contribution is 2.43. The van der Waals surface area contributed by atoms with Gasteiger partial charge in [-0.2, -0.15) is 0 Å². The van der Waals surface area contributed by atoms with Crippen LogP contribution in [0.2, 0.25) is 0 Å². The minimum atomic E-state index is -2.42. The molecule has 0 radical (unpaired) electrons. The molecule has 0 aromatic carbocycles. The fourth-order valence-corrected chi connectivity index (χ4v) is 1.16. The molecule has 0 aliphatic heterocycles. The number of hydrogen-bond donors (Lipinski definition) is 0. The summed E-state index contributed by atoms with van der Waals surface area (Å²) in [6, 6.07) is 0. The van der Waals surface area contributed by atoms with Gasteiger partial charge in [0.05, 0.1) is 12.2 Å². The molecule has 0 aromatic rings. The third-order valence-electron chi connectivity index (χ3n) is 0.786. The molecule has 0 unspecified atom stereocenters. The lowest BCUT2D eigenvalue weighted by Crippen LogP contribution is -1.90. The first-order chi connectivity index (χ1) is 4.12. The second-order valence-corrected chi connectivity index (χ2v) is 5.21. The Labute approximate surface area is 61.0 Å². The summed E-state index contributed by atoms with van der Waals surface area (Å²) in [4.78, 5) is 0. The summed E-state index contributed by atoms with van der Waals surface area (Å²) in [5, 5.41) is 0. The number of rotatable bonds is 4. The van der Waals surface area contributed by atoms with E-state index in [1.54, 1.807) is 6.66 Å². The predicted molar refractivity (Wildman–Crippen MR) is 40.5 cm³/mol. The van der Waals surface area contributed by atoms with Crippen molar-refractivity contribution in [1.29, 1.82) is 0 Å². The molecule has 0 aliphatic carbocycles. The van der Waals surface area contributed by atoms with Gasteiger partial charge in [-0.05, 0) is 6.42 Å². The van der Waals surface area contributed by atoms with E-state index in [0.717, 1.165) is 6.42 Å². The topological polar surface area (TPSA) is 26.3 Å². The summed E-state index contributed by atoms with van der Waals surface area (Å²) in [6.07, 6.45) is 0.884. The lowest BCUT2D eigenvalue weighted by Gasteiger charge is -2.07. The predicted octanol–water partition coefficient (Wildman–Crippen LogP) is 2.52. The molecular formula is C5H12ClO2P. The van der Waals surface area contributed by atoms with Crippen molar-refractivity contribution < 1.29 is 9.09 Å². The summed E-state index contributed by atoms with van der Waals surface area (Å²) >= 11 is 5.34. The van der Waals surface area contributed by atoms with Crippen molar-refractivity contribution in [3.63, 3.8) is 0 Å². The van der Waals surface area contributed by atoms with Crippen LogP contribution >= 0.6 is 19.0 Å². The van der Waals surface area contributed by atoms with E-state index >= 15 is 0 Å². The molecule has 0 bridgehead atoms. The molecule has 0 aliphatic rings. The van der Waals surface area contributed by atoms with E-state index < -0.39 is 7.37 Å². The number of halogens is 1. The number of hydrogen-bond acceptors (Lipinski definition) is 2. The summed E-state index contributed by atoms with van der Waals surface area (Å²) in [5.74, 6) is 0. The minimum absolute atomic E-state index is 0.118. The van der Waals surface area contributed by atoms with Crippen molar-refractivity contribution in [2.24, 2.45) is 0 Å². The highest BCUT2D eigenvalue weighted by Gasteiger charge is 2.11. The largest absolute Gasteiger partial charge is 0.328 e. The Morgan fingerprint density at radius 3 is 2.56 bits per heavy atom. The van der Waals surface area contributed by atoms with Crippen molar-refractivity contribution in [3.8, 4) is 0 Å². The zero-order valence-corrected chi connectivity index (χ0v) is 7.41. The van der Waals surface area contributed by atoms with Crippen LogP contribution in [0.1, 0.15) is 13.3 Å². The van der Waals surface area contributed by atoms with E-state index in [0.29, 0.717) is 6.61 Å². The third kappa shape index (κ3) is 4.95. The average molecular weight is 171 g/mol. The van der Waals surface area contributed by atoms with Gasteiger partial charge in [0.1, 0.15) is 0 Å². The van der Waals surface area contributed by atoms with Gasteiger partial charge in [0.25, 0.3) is 0 Å². The van der Waals surface area contributed by atoms with E-state index in [1.807, 2.05) is 6.92 Å². The molecule has 4 heteroatoms. The maximum atomic E-state index is 11.0. The van der Waals surface area contributed by atoms with Gasteiger partial charge in [-0.15, -0.1) is 11.6 Å². The van der Waals surface area contributed by atoms with E-state index in [1.165, 1.54) is 0 Å². The standard InChI is InChI=1S/C5H12ClO2P/c1-3-4-8-9(2,7)5-6/h3-5H2,1-2H3/t9-/m0/s1. The molecule has 0 saturated carbocycles. The molecule has 0 fully saturated rings. The van der Waals surface area contributed by atoms with Gasteiger partial charge in [-0.1, -0.05) is 6.92 Å². The summed E-state index contributed by atoms with van der Waals surface area (Å²) in [6.45, 7) is 4.06. The van der Waals surface area contributed by atoms with Gasteiger partial charge < -0.3 is 4.52 Å². The molecule has 0 aromatic heterocycles. The maximum absolute atomic E-state index is 11.0. The van der Waals surface area contributed by atoms with E-state index in [4.69, 9.17) is 16.1 Å². The molecule has 0 heterocycles. The minimum Gasteiger partial charge on any atom is -0.328 e. The SMILES string of the molecule is CCCO[P@](C)(=O)CCl. The van der Waals surface area contributed by atoms with Crippen LogP contribution in [0.3, 0.4) is 0 Å². The van der Waals surface area contributed by atoms with E-state index in [9.17, 15) is 4.57 Å². The summed E-state index contributed by atoms with van der Waals surface area (Å²) in [5.41, 5.74) is 0.118. The smallest absolute Gasteiger partial charge is 0.214 e. The Balaban J connectivity index is 3.46. The molecule has 0 saturated heterocycles. The Morgan fingerprint density at radius 2 is 2.22 bits per heavy atom. The Kier molecular flexibility index (Phi) is 4.55. The molecule has 0 rings (SSSR count). The van der Waals surface area contributed by atoms with Gasteiger partial charge >= 0.3 is 0 Å². The zero-order chi connectivity index (χ0) is 7.33. The van der Waals surface area contributed by atoms with E-state index in [-0.39, 0.29) is 5.62 Å². The van der Waals surface area contributed by atoms with Gasteiger partial charge in [0.15, 0.2) is 0 Å². The monoisotopic (exact) mass is 170 g/mol. The summed E-state index contributed by atoms with van der Waals surface area (Å²) < 4.78 is 15.9. The highest BCUT2D eigenvalue weighted by atomic mass is 35.5. The van der Waals surface area contributed by atoms with Crippen molar-refractivity contribution in [2.45, 2.75) is 13.3 Å². The second kappa shape index (κ2) is 4.32. The Bertz CT molecular complexity index is 116. The van der Waals surface area contributed by atoms with Crippen molar-refractivity contribution in [2.75, 3.05) is 18.9 Å².